The van der Waals surface area contributed by atoms with Gasteiger partial charge in [0, 0.05) is 16.5 Å². The second kappa shape index (κ2) is 5.56. The maximum atomic E-state index is 12.6. The van der Waals surface area contributed by atoms with E-state index in [0.717, 1.165) is 16.5 Å². The van der Waals surface area contributed by atoms with Gasteiger partial charge in [0.15, 0.2) is 11.5 Å². The van der Waals surface area contributed by atoms with Crippen LogP contribution >= 0.6 is 0 Å². The Bertz CT molecular complexity index is 849. The quantitative estimate of drug-likeness (QED) is 0.746. The minimum Gasteiger partial charge on any atom is -0.493 e. The van der Waals surface area contributed by atoms with Crippen molar-refractivity contribution >= 4 is 16.7 Å². The van der Waals surface area contributed by atoms with Gasteiger partial charge in [-0.05, 0) is 43.3 Å². The van der Waals surface area contributed by atoms with Gasteiger partial charge in [0.1, 0.15) is 0 Å². The molecule has 1 heterocycles. The van der Waals surface area contributed by atoms with Crippen LogP contribution in [0.15, 0.2) is 42.5 Å². The summed E-state index contributed by atoms with van der Waals surface area (Å²) in [6.45, 7) is 2.03. The minimum absolute atomic E-state index is 0.0743. The average Bonchev–Trinajstić information content (AvgIpc) is 2.96. The molecular formula is C18H17NO3. The normalized spacial score (nSPS) is 10.7. The van der Waals surface area contributed by atoms with Crippen molar-refractivity contribution in [2.45, 2.75) is 6.92 Å². The Kier molecular flexibility index (Phi) is 3.59. The molecule has 0 saturated carbocycles. The Labute approximate surface area is 128 Å². The van der Waals surface area contributed by atoms with Crippen LogP contribution in [-0.4, -0.2) is 25.0 Å². The van der Waals surface area contributed by atoms with E-state index in [9.17, 15) is 4.79 Å². The molecule has 0 saturated heterocycles. The molecule has 0 bridgehead atoms. The molecule has 1 N–H and O–H groups in total. The molecule has 2 aromatic carbocycles. The van der Waals surface area contributed by atoms with Crippen molar-refractivity contribution in [2.75, 3.05) is 14.2 Å². The molecule has 0 unspecified atom stereocenters. The van der Waals surface area contributed by atoms with E-state index in [0.29, 0.717) is 22.8 Å². The van der Waals surface area contributed by atoms with E-state index in [1.807, 2.05) is 25.1 Å². The third-order valence-electron chi connectivity index (χ3n) is 3.67. The summed E-state index contributed by atoms with van der Waals surface area (Å²) in [4.78, 5) is 15.8. The molecule has 112 valence electrons. The van der Waals surface area contributed by atoms with Gasteiger partial charge in [0.25, 0.3) is 0 Å². The molecule has 4 heteroatoms. The molecule has 3 rings (SSSR count). The second-order valence-corrected chi connectivity index (χ2v) is 5.17. The predicted molar refractivity (Wildman–Crippen MR) is 86.0 cm³/mol. The van der Waals surface area contributed by atoms with Crippen LogP contribution in [0.5, 0.6) is 11.5 Å². The van der Waals surface area contributed by atoms with Crippen LogP contribution in [-0.2, 0) is 0 Å². The summed E-state index contributed by atoms with van der Waals surface area (Å²) in [7, 11) is 3.12. The lowest BCUT2D eigenvalue weighted by Gasteiger charge is -2.08. The van der Waals surface area contributed by atoms with Gasteiger partial charge in [0.2, 0.25) is 5.78 Å². The van der Waals surface area contributed by atoms with Crippen LogP contribution in [0.3, 0.4) is 0 Å². The number of ether oxygens (including phenoxy) is 2. The van der Waals surface area contributed by atoms with Crippen molar-refractivity contribution < 1.29 is 14.3 Å². The molecule has 0 fully saturated rings. The van der Waals surface area contributed by atoms with E-state index < -0.39 is 0 Å². The highest BCUT2D eigenvalue weighted by atomic mass is 16.5. The van der Waals surface area contributed by atoms with E-state index in [1.165, 1.54) is 0 Å². The number of fused-ring (bicyclic) bond motifs is 1. The van der Waals surface area contributed by atoms with E-state index >= 15 is 0 Å². The minimum atomic E-state index is -0.0743. The topological polar surface area (TPSA) is 51.3 Å². The molecule has 0 aliphatic rings. The van der Waals surface area contributed by atoms with Gasteiger partial charge in [-0.3, -0.25) is 4.79 Å². The third kappa shape index (κ3) is 2.44. The lowest BCUT2D eigenvalue weighted by molar-refractivity contribution is 0.103. The van der Waals surface area contributed by atoms with Crippen molar-refractivity contribution in [3.05, 3.63) is 59.3 Å². The summed E-state index contributed by atoms with van der Waals surface area (Å²) in [5.41, 5.74) is 3.24. The first-order valence-electron chi connectivity index (χ1n) is 6.98. The zero-order valence-electron chi connectivity index (χ0n) is 12.8. The SMILES string of the molecule is COc1ccc(C(=O)c2cc3cc(C)ccc3[nH]2)cc1OC. The van der Waals surface area contributed by atoms with Crippen molar-refractivity contribution in [3.63, 3.8) is 0 Å². The molecule has 0 aliphatic carbocycles. The summed E-state index contributed by atoms with van der Waals surface area (Å²) >= 11 is 0. The van der Waals surface area contributed by atoms with Crippen molar-refractivity contribution in [3.8, 4) is 11.5 Å². The number of hydrogen-bond donors (Lipinski definition) is 1. The van der Waals surface area contributed by atoms with Gasteiger partial charge in [0.05, 0.1) is 19.9 Å². The number of carbonyl (C=O) groups is 1. The highest BCUT2D eigenvalue weighted by Crippen LogP contribution is 2.29. The standard InChI is InChI=1S/C18H17NO3/c1-11-4-6-14-13(8-11)9-15(19-14)18(20)12-5-7-16(21-2)17(10-12)22-3/h4-10,19H,1-3H3. The van der Waals surface area contributed by atoms with E-state index in [-0.39, 0.29) is 5.78 Å². The number of methoxy groups -OCH3 is 2. The fraction of sp³-hybridized carbons (Fsp3) is 0.167. The Hall–Kier alpha value is -2.75. The number of H-pyrrole nitrogens is 1. The van der Waals surface area contributed by atoms with E-state index in [1.54, 1.807) is 32.4 Å². The van der Waals surface area contributed by atoms with Crippen molar-refractivity contribution in [2.24, 2.45) is 0 Å². The van der Waals surface area contributed by atoms with Crippen LogP contribution in [0.4, 0.5) is 0 Å². The van der Waals surface area contributed by atoms with Gasteiger partial charge in [-0.15, -0.1) is 0 Å². The largest absolute Gasteiger partial charge is 0.493 e. The van der Waals surface area contributed by atoms with E-state index in [2.05, 4.69) is 11.1 Å². The molecule has 0 aliphatic heterocycles. The van der Waals surface area contributed by atoms with Crippen LogP contribution in [0.25, 0.3) is 10.9 Å². The first-order chi connectivity index (χ1) is 10.6. The number of rotatable bonds is 4. The molecular weight excluding hydrogens is 278 g/mol. The fourth-order valence-corrected chi connectivity index (χ4v) is 2.51. The van der Waals surface area contributed by atoms with Crippen LogP contribution < -0.4 is 9.47 Å². The fourth-order valence-electron chi connectivity index (χ4n) is 2.51. The van der Waals surface area contributed by atoms with Gasteiger partial charge >= 0.3 is 0 Å². The number of ketones is 1. The molecule has 0 spiro atoms. The van der Waals surface area contributed by atoms with E-state index in [4.69, 9.17) is 9.47 Å². The molecule has 1 aromatic heterocycles. The van der Waals surface area contributed by atoms with Crippen LogP contribution in [0.2, 0.25) is 0 Å². The summed E-state index contributed by atoms with van der Waals surface area (Å²) in [6, 6.07) is 13.1. The third-order valence-corrected chi connectivity index (χ3v) is 3.67. The zero-order chi connectivity index (χ0) is 15.7. The summed E-state index contributed by atoms with van der Waals surface area (Å²) in [5.74, 6) is 1.07. The smallest absolute Gasteiger partial charge is 0.209 e. The number of aromatic amines is 1. The molecule has 3 aromatic rings. The maximum absolute atomic E-state index is 12.6. The Balaban J connectivity index is 2.01. The molecule has 0 radical (unpaired) electrons. The number of aromatic nitrogens is 1. The lowest BCUT2D eigenvalue weighted by atomic mass is 10.1. The Morgan fingerprint density at radius 1 is 0.955 bits per heavy atom. The Morgan fingerprint density at radius 2 is 1.73 bits per heavy atom. The summed E-state index contributed by atoms with van der Waals surface area (Å²) < 4.78 is 10.4. The predicted octanol–water partition coefficient (Wildman–Crippen LogP) is 3.72. The van der Waals surface area contributed by atoms with Gasteiger partial charge < -0.3 is 14.5 Å². The highest BCUT2D eigenvalue weighted by Gasteiger charge is 2.15. The van der Waals surface area contributed by atoms with Crippen LogP contribution in [0, 0.1) is 6.92 Å². The van der Waals surface area contributed by atoms with Crippen molar-refractivity contribution in [1.82, 2.24) is 4.98 Å². The van der Waals surface area contributed by atoms with Gasteiger partial charge in [-0.2, -0.15) is 0 Å². The molecule has 0 atom stereocenters. The lowest BCUT2D eigenvalue weighted by Crippen LogP contribution is -2.02. The zero-order valence-corrected chi connectivity index (χ0v) is 12.8. The number of hydrogen-bond acceptors (Lipinski definition) is 3. The Morgan fingerprint density at radius 3 is 2.45 bits per heavy atom. The molecule has 0 amide bonds. The van der Waals surface area contributed by atoms with Crippen LogP contribution in [0.1, 0.15) is 21.6 Å². The monoisotopic (exact) mass is 295 g/mol. The highest BCUT2D eigenvalue weighted by molar-refractivity contribution is 6.10. The van der Waals surface area contributed by atoms with Gasteiger partial charge in [-0.1, -0.05) is 11.6 Å². The summed E-state index contributed by atoms with van der Waals surface area (Å²) in [6.07, 6.45) is 0. The maximum Gasteiger partial charge on any atom is 0.209 e. The first kappa shape index (κ1) is 14.2. The molecule has 4 nitrogen and oxygen atoms in total. The number of benzene rings is 2. The second-order valence-electron chi connectivity index (χ2n) is 5.17. The molecule has 22 heavy (non-hydrogen) atoms. The number of carbonyl (C=O) groups excluding carboxylic acids is 1. The average molecular weight is 295 g/mol. The number of nitrogens with one attached hydrogen (secondary N) is 1. The van der Waals surface area contributed by atoms with Gasteiger partial charge in [-0.25, -0.2) is 0 Å². The number of aryl methyl sites for hydroxylation is 1. The first-order valence-corrected chi connectivity index (χ1v) is 6.98. The summed E-state index contributed by atoms with van der Waals surface area (Å²) in [5, 5.41) is 1.03. The van der Waals surface area contributed by atoms with Crippen molar-refractivity contribution in [1.29, 1.82) is 0 Å².